The van der Waals surface area contributed by atoms with Crippen LogP contribution in [0.5, 0.6) is 0 Å². The molecule has 0 aliphatic heterocycles. The molecule has 20 heavy (non-hydrogen) atoms. The van der Waals surface area contributed by atoms with E-state index in [-0.39, 0.29) is 11.8 Å². The molecule has 0 amide bonds. The minimum Gasteiger partial charge on any atom is -0.469 e. The van der Waals surface area contributed by atoms with Crippen molar-refractivity contribution in [1.82, 2.24) is 0 Å². The first-order chi connectivity index (χ1) is 9.70. The van der Waals surface area contributed by atoms with Crippen LogP contribution in [0.25, 0.3) is 0 Å². The molecule has 0 unspecified atom stereocenters. The van der Waals surface area contributed by atoms with Gasteiger partial charge in [0.05, 0.1) is 7.11 Å². The summed E-state index contributed by atoms with van der Waals surface area (Å²) in [7, 11) is 1.38. The minimum atomic E-state index is -0.216. The van der Waals surface area contributed by atoms with Gasteiger partial charge < -0.3 is 4.74 Å². The molecule has 112 valence electrons. The Morgan fingerprint density at radius 1 is 1.00 bits per heavy atom. The van der Waals surface area contributed by atoms with Gasteiger partial charge in [0.25, 0.3) is 0 Å². The van der Waals surface area contributed by atoms with Gasteiger partial charge in [-0.2, -0.15) is 0 Å². The third-order valence-corrected chi connectivity index (χ3v) is 2.71. The maximum atomic E-state index is 11.5. The smallest absolute Gasteiger partial charge is 0.305 e. The van der Waals surface area contributed by atoms with E-state index < -0.39 is 0 Å². The van der Waals surface area contributed by atoms with Crippen LogP contribution in [0, 0.1) is 0 Å². The summed E-state index contributed by atoms with van der Waals surface area (Å²) in [6.07, 6.45) is 17.1. The number of hydrogen-bond acceptors (Lipinski definition) is 3. The lowest BCUT2D eigenvalue weighted by Crippen LogP contribution is -2.00. The van der Waals surface area contributed by atoms with Crippen molar-refractivity contribution in [3.8, 4) is 0 Å². The van der Waals surface area contributed by atoms with Crippen molar-refractivity contribution in [2.45, 2.75) is 51.9 Å². The summed E-state index contributed by atoms with van der Waals surface area (Å²) < 4.78 is 4.53. The summed E-state index contributed by atoms with van der Waals surface area (Å²) in [6.45, 7) is 2.15. The molecule has 0 radical (unpaired) electrons. The first-order valence-corrected chi connectivity index (χ1v) is 7.28. The quantitative estimate of drug-likeness (QED) is 0.187. The number of methoxy groups -OCH3 is 1. The lowest BCUT2D eigenvalue weighted by molar-refractivity contribution is -0.140. The van der Waals surface area contributed by atoms with Crippen LogP contribution < -0.4 is 0 Å². The summed E-state index contributed by atoms with van der Waals surface area (Å²) in [5, 5.41) is 0. The number of carbonyl (C=O) groups excluding carboxylic acids is 2. The van der Waals surface area contributed by atoms with Crippen molar-refractivity contribution in [3.05, 3.63) is 36.5 Å². The molecule has 0 aliphatic carbocycles. The normalized spacial score (nSPS) is 11.7. The van der Waals surface area contributed by atoms with E-state index in [4.69, 9.17) is 0 Å². The Labute approximate surface area is 122 Å². The largest absolute Gasteiger partial charge is 0.469 e. The molecular weight excluding hydrogens is 252 g/mol. The highest BCUT2D eigenvalue weighted by Gasteiger charge is 2.01. The predicted octanol–water partition coefficient (Wildman–Crippen LogP) is 4.15. The van der Waals surface area contributed by atoms with E-state index in [2.05, 4.69) is 23.8 Å². The summed E-state index contributed by atoms with van der Waals surface area (Å²) in [5.74, 6) is -0.118. The van der Waals surface area contributed by atoms with Crippen molar-refractivity contribution in [2.24, 2.45) is 0 Å². The fourth-order valence-corrected chi connectivity index (χ4v) is 1.53. The fraction of sp³-hybridized carbons (Fsp3) is 0.529. The van der Waals surface area contributed by atoms with Gasteiger partial charge in [0.15, 0.2) is 5.78 Å². The van der Waals surface area contributed by atoms with Crippen LogP contribution in [-0.2, 0) is 14.3 Å². The molecule has 3 nitrogen and oxygen atoms in total. The van der Waals surface area contributed by atoms with Crippen LogP contribution >= 0.6 is 0 Å². The second kappa shape index (κ2) is 13.8. The van der Waals surface area contributed by atoms with Crippen molar-refractivity contribution in [2.75, 3.05) is 7.11 Å². The Balaban J connectivity index is 3.62. The molecule has 0 saturated carbocycles. The van der Waals surface area contributed by atoms with Crippen LogP contribution in [0.15, 0.2) is 36.5 Å². The van der Waals surface area contributed by atoms with Crippen LogP contribution in [0.3, 0.4) is 0 Å². The van der Waals surface area contributed by atoms with E-state index in [1.165, 1.54) is 13.5 Å². The lowest BCUT2D eigenvalue weighted by Gasteiger charge is -1.97. The second-order valence-electron chi connectivity index (χ2n) is 4.53. The zero-order valence-electron chi connectivity index (χ0n) is 12.6. The first-order valence-electron chi connectivity index (χ1n) is 7.28. The summed E-state index contributed by atoms with van der Waals surface area (Å²) in [5.41, 5.74) is 0. The molecule has 3 heteroatoms. The fourth-order valence-electron chi connectivity index (χ4n) is 1.53. The van der Waals surface area contributed by atoms with E-state index >= 15 is 0 Å². The number of carbonyl (C=O) groups is 2. The maximum Gasteiger partial charge on any atom is 0.305 e. The highest BCUT2D eigenvalue weighted by Crippen LogP contribution is 2.02. The molecule has 0 aromatic carbocycles. The molecule has 0 heterocycles. The van der Waals surface area contributed by atoms with E-state index in [1.807, 2.05) is 12.2 Å². The molecule has 0 spiro atoms. The van der Waals surface area contributed by atoms with Crippen LogP contribution in [0.4, 0.5) is 0 Å². The van der Waals surface area contributed by atoms with Gasteiger partial charge in [-0.15, -0.1) is 0 Å². The molecule has 0 aliphatic rings. The number of rotatable bonds is 11. The number of unbranched alkanes of at least 4 members (excludes halogenated alkanes) is 2. The highest BCUT2D eigenvalue weighted by atomic mass is 16.5. The number of ether oxygens (including phenoxy) is 1. The molecular formula is C17H26O3. The van der Waals surface area contributed by atoms with Gasteiger partial charge in [0.2, 0.25) is 0 Å². The predicted molar refractivity (Wildman–Crippen MR) is 82.4 cm³/mol. The number of ketones is 1. The Hall–Kier alpha value is -1.64. The SMILES string of the molecule is CCC/C=C\C/C=C\C=C\C(=O)CCCCC(=O)OC. The average molecular weight is 278 g/mol. The third kappa shape index (κ3) is 12.8. The Bertz CT molecular complexity index is 351. The lowest BCUT2D eigenvalue weighted by atomic mass is 10.1. The van der Waals surface area contributed by atoms with Crippen molar-refractivity contribution in [1.29, 1.82) is 0 Å². The van der Waals surface area contributed by atoms with E-state index in [1.54, 1.807) is 12.2 Å². The van der Waals surface area contributed by atoms with Crippen molar-refractivity contribution in [3.63, 3.8) is 0 Å². The Kier molecular flexibility index (Phi) is 12.7. The van der Waals surface area contributed by atoms with Gasteiger partial charge in [0, 0.05) is 12.8 Å². The summed E-state index contributed by atoms with van der Waals surface area (Å²) >= 11 is 0. The Morgan fingerprint density at radius 3 is 2.45 bits per heavy atom. The molecule has 0 saturated heterocycles. The van der Waals surface area contributed by atoms with Gasteiger partial charge in [-0.1, -0.05) is 43.7 Å². The van der Waals surface area contributed by atoms with Gasteiger partial charge in [-0.05, 0) is 31.8 Å². The standard InChI is InChI=1S/C17H26O3/c1-3-4-5-6-7-8-9-10-13-16(18)14-11-12-15-17(19)20-2/h5-6,8-10,13H,3-4,7,11-12,14-15H2,1-2H3/b6-5-,9-8-,13-10+. The van der Waals surface area contributed by atoms with Crippen LogP contribution in [0.2, 0.25) is 0 Å². The molecule has 0 atom stereocenters. The van der Waals surface area contributed by atoms with Crippen LogP contribution in [-0.4, -0.2) is 18.9 Å². The number of hydrogen-bond donors (Lipinski definition) is 0. The highest BCUT2D eigenvalue weighted by molar-refractivity contribution is 5.89. The van der Waals surface area contributed by atoms with E-state index in [0.717, 1.165) is 19.3 Å². The van der Waals surface area contributed by atoms with Crippen molar-refractivity contribution >= 4 is 11.8 Å². The monoisotopic (exact) mass is 278 g/mol. The van der Waals surface area contributed by atoms with E-state index in [9.17, 15) is 9.59 Å². The van der Waals surface area contributed by atoms with E-state index in [0.29, 0.717) is 19.3 Å². The molecule has 0 aromatic heterocycles. The maximum absolute atomic E-state index is 11.5. The Morgan fingerprint density at radius 2 is 1.75 bits per heavy atom. The molecule has 0 bridgehead atoms. The number of esters is 1. The topological polar surface area (TPSA) is 43.4 Å². The summed E-state index contributed by atoms with van der Waals surface area (Å²) in [4.78, 5) is 22.3. The second-order valence-corrected chi connectivity index (χ2v) is 4.53. The zero-order valence-corrected chi connectivity index (χ0v) is 12.6. The average Bonchev–Trinajstić information content (AvgIpc) is 2.46. The zero-order chi connectivity index (χ0) is 15.1. The molecule has 0 aromatic rings. The molecule has 0 rings (SSSR count). The van der Waals surface area contributed by atoms with Gasteiger partial charge in [0.1, 0.15) is 0 Å². The first kappa shape index (κ1) is 18.4. The third-order valence-electron chi connectivity index (χ3n) is 2.71. The van der Waals surface area contributed by atoms with Crippen molar-refractivity contribution < 1.29 is 14.3 Å². The number of allylic oxidation sites excluding steroid dienone is 6. The van der Waals surface area contributed by atoms with Gasteiger partial charge >= 0.3 is 5.97 Å². The molecule has 0 fully saturated rings. The van der Waals surface area contributed by atoms with Gasteiger partial charge in [-0.3, -0.25) is 9.59 Å². The van der Waals surface area contributed by atoms with Crippen LogP contribution in [0.1, 0.15) is 51.9 Å². The summed E-state index contributed by atoms with van der Waals surface area (Å²) in [6, 6.07) is 0. The minimum absolute atomic E-state index is 0.0982. The van der Waals surface area contributed by atoms with Gasteiger partial charge in [-0.25, -0.2) is 0 Å². The molecule has 0 N–H and O–H groups in total.